The molecule has 0 rings (SSSR count). The first-order chi connectivity index (χ1) is 4.16. The molecule has 4 nitrogen and oxygen atoms in total. The van der Waals surface area contributed by atoms with Gasteiger partial charge in [0.05, 0.1) is 0 Å². The Bertz CT molecular complexity index is 171. The van der Waals surface area contributed by atoms with Crippen LogP contribution in [0.15, 0.2) is 17.1 Å². The van der Waals surface area contributed by atoms with Crippen LogP contribution in [0.1, 0.15) is 0 Å². The maximum Gasteiger partial charge on any atom is 0.328 e. The number of carbonyl (C=O) groups is 2. The van der Waals surface area contributed by atoms with E-state index in [2.05, 4.69) is 11.7 Å². The molecule has 0 atom stereocenters. The molecule has 0 fully saturated rings. The fourth-order valence-electron chi connectivity index (χ4n) is 0.195. The third-order valence-electron chi connectivity index (χ3n) is 0.524. The van der Waals surface area contributed by atoms with Crippen molar-refractivity contribution < 1.29 is 14.7 Å². The molecule has 9 heavy (non-hydrogen) atoms. The molecule has 0 aromatic carbocycles. The zero-order valence-electron chi connectivity index (χ0n) is 4.57. The molecule has 0 aromatic rings. The summed E-state index contributed by atoms with van der Waals surface area (Å²) in [5.74, 6) is -1.83. The Kier molecular flexibility index (Phi) is 2.97. The second-order valence-electron chi connectivity index (χ2n) is 1.17. The Hall–Kier alpha value is -1.45. The van der Waals surface area contributed by atoms with Crippen LogP contribution < -0.4 is 0 Å². The summed E-state index contributed by atoms with van der Waals surface area (Å²) in [5.41, 5.74) is 0. The summed E-state index contributed by atoms with van der Waals surface area (Å²) in [5, 5.41) is 7.96. The lowest BCUT2D eigenvalue weighted by atomic mass is 10.5. The lowest BCUT2D eigenvalue weighted by Gasteiger charge is -1.76. The van der Waals surface area contributed by atoms with Crippen LogP contribution in [0.4, 0.5) is 0 Å². The summed E-state index contributed by atoms with van der Waals surface area (Å²) in [6.45, 7) is 2.89. The molecule has 0 aromatic heterocycles. The lowest BCUT2D eigenvalue weighted by molar-refractivity contribution is -0.131. The highest BCUT2D eigenvalue weighted by molar-refractivity contribution is 5.95. The molecule has 0 saturated heterocycles. The number of hydrogen-bond donors (Lipinski definition) is 1. The van der Waals surface area contributed by atoms with Crippen LogP contribution in [0.3, 0.4) is 0 Å². The highest BCUT2D eigenvalue weighted by Crippen LogP contribution is 1.76. The predicted molar refractivity (Wildman–Crippen MR) is 31.3 cm³/mol. The highest BCUT2D eigenvalue weighted by atomic mass is 16.4. The van der Waals surface area contributed by atoms with Gasteiger partial charge in [-0.3, -0.25) is 4.79 Å². The van der Waals surface area contributed by atoms with Crippen molar-refractivity contribution >= 4 is 18.6 Å². The molecular formula is C5H5NO3. The van der Waals surface area contributed by atoms with E-state index in [1.54, 1.807) is 0 Å². The Morgan fingerprint density at radius 3 is 2.33 bits per heavy atom. The van der Waals surface area contributed by atoms with Gasteiger partial charge in [0.1, 0.15) is 0 Å². The number of carbonyl (C=O) groups excluding carboxylic acids is 1. The first kappa shape index (κ1) is 7.55. The topological polar surface area (TPSA) is 66.7 Å². The average Bonchev–Trinajstić information content (AvgIpc) is 1.83. The van der Waals surface area contributed by atoms with Gasteiger partial charge in [-0.1, -0.05) is 0 Å². The molecule has 0 aliphatic carbocycles. The van der Waals surface area contributed by atoms with Crippen LogP contribution in [-0.4, -0.2) is 23.7 Å². The second-order valence-corrected chi connectivity index (χ2v) is 1.17. The zero-order chi connectivity index (χ0) is 7.28. The van der Waals surface area contributed by atoms with Gasteiger partial charge in [-0.05, 0) is 6.72 Å². The van der Waals surface area contributed by atoms with E-state index in [9.17, 15) is 9.59 Å². The van der Waals surface area contributed by atoms with Crippen molar-refractivity contribution in [2.75, 3.05) is 0 Å². The zero-order valence-corrected chi connectivity index (χ0v) is 4.57. The van der Waals surface area contributed by atoms with Gasteiger partial charge in [0.25, 0.3) is 5.91 Å². The summed E-state index contributed by atoms with van der Waals surface area (Å²) >= 11 is 0. The van der Waals surface area contributed by atoms with Gasteiger partial charge < -0.3 is 5.11 Å². The molecule has 48 valence electrons. The van der Waals surface area contributed by atoms with E-state index in [1.807, 2.05) is 0 Å². The number of carboxylic acid groups (broad SMARTS) is 1. The Balaban J connectivity index is 3.85. The van der Waals surface area contributed by atoms with Crippen molar-refractivity contribution in [1.29, 1.82) is 0 Å². The summed E-state index contributed by atoms with van der Waals surface area (Å²) < 4.78 is 0. The maximum absolute atomic E-state index is 10.1. The van der Waals surface area contributed by atoms with E-state index in [-0.39, 0.29) is 0 Å². The SMILES string of the molecule is C=NC(=O)C=CC(=O)O. The number of aliphatic carboxylic acids is 1. The quantitative estimate of drug-likeness (QED) is 0.414. The predicted octanol–water partition coefficient (Wildman–Crippen LogP) is -0.146. The minimum atomic E-state index is -1.17. The number of hydrogen-bond acceptors (Lipinski definition) is 2. The van der Waals surface area contributed by atoms with Gasteiger partial charge in [0.15, 0.2) is 0 Å². The molecule has 0 heterocycles. The van der Waals surface area contributed by atoms with Crippen molar-refractivity contribution in [3.05, 3.63) is 12.2 Å². The molecule has 0 saturated carbocycles. The van der Waals surface area contributed by atoms with Gasteiger partial charge in [-0.15, -0.1) is 0 Å². The molecule has 1 N–H and O–H groups in total. The van der Waals surface area contributed by atoms with Crippen molar-refractivity contribution in [3.63, 3.8) is 0 Å². The van der Waals surface area contributed by atoms with E-state index in [4.69, 9.17) is 5.11 Å². The van der Waals surface area contributed by atoms with Crippen molar-refractivity contribution in [1.82, 2.24) is 0 Å². The van der Waals surface area contributed by atoms with Crippen molar-refractivity contribution in [3.8, 4) is 0 Å². The molecule has 0 aliphatic heterocycles. The van der Waals surface area contributed by atoms with Gasteiger partial charge in [-0.25, -0.2) is 9.79 Å². The minimum Gasteiger partial charge on any atom is -0.478 e. The van der Waals surface area contributed by atoms with Crippen LogP contribution in [-0.2, 0) is 9.59 Å². The molecule has 0 unspecified atom stereocenters. The molecule has 0 spiro atoms. The Morgan fingerprint density at radius 2 is 2.00 bits per heavy atom. The van der Waals surface area contributed by atoms with Gasteiger partial charge >= 0.3 is 5.97 Å². The van der Waals surface area contributed by atoms with E-state index in [0.29, 0.717) is 6.08 Å². The normalized spacial score (nSPS) is 9.33. The van der Waals surface area contributed by atoms with Gasteiger partial charge in [0, 0.05) is 12.2 Å². The first-order valence-electron chi connectivity index (χ1n) is 2.08. The summed E-state index contributed by atoms with van der Waals surface area (Å²) in [6, 6.07) is 0. The van der Waals surface area contributed by atoms with Crippen LogP contribution in [0.25, 0.3) is 0 Å². The number of nitrogens with zero attached hydrogens (tertiary/aromatic N) is 1. The second kappa shape index (κ2) is 3.54. The third-order valence-corrected chi connectivity index (χ3v) is 0.524. The third kappa shape index (κ3) is 4.40. The van der Waals surface area contributed by atoms with Crippen LogP contribution in [0.5, 0.6) is 0 Å². The highest BCUT2D eigenvalue weighted by Gasteiger charge is 1.89. The average molecular weight is 127 g/mol. The van der Waals surface area contributed by atoms with Crippen molar-refractivity contribution in [2.45, 2.75) is 0 Å². The van der Waals surface area contributed by atoms with Crippen LogP contribution in [0.2, 0.25) is 0 Å². The van der Waals surface area contributed by atoms with E-state index >= 15 is 0 Å². The molecule has 4 heteroatoms. The Morgan fingerprint density at radius 1 is 1.44 bits per heavy atom. The smallest absolute Gasteiger partial charge is 0.328 e. The fraction of sp³-hybridized carbons (Fsp3) is 0. The van der Waals surface area contributed by atoms with E-state index in [1.165, 1.54) is 0 Å². The van der Waals surface area contributed by atoms with Crippen molar-refractivity contribution in [2.24, 2.45) is 4.99 Å². The number of aliphatic imine (C=N–C) groups is 1. The largest absolute Gasteiger partial charge is 0.478 e. The van der Waals surface area contributed by atoms with E-state index in [0.717, 1.165) is 6.08 Å². The molecule has 1 amide bonds. The Labute approximate surface area is 51.5 Å². The molecule has 0 bridgehead atoms. The monoisotopic (exact) mass is 127 g/mol. The number of rotatable bonds is 2. The van der Waals surface area contributed by atoms with Crippen LogP contribution in [0, 0.1) is 0 Å². The summed E-state index contributed by atoms with van der Waals surface area (Å²) in [7, 11) is 0. The van der Waals surface area contributed by atoms with Crippen LogP contribution >= 0.6 is 0 Å². The first-order valence-corrected chi connectivity index (χ1v) is 2.08. The van der Waals surface area contributed by atoms with Gasteiger partial charge in [0.2, 0.25) is 0 Å². The lowest BCUT2D eigenvalue weighted by Crippen LogP contribution is -1.90. The number of carboxylic acids is 1. The number of amides is 1. The fourth-order valence-corrected chi connectivity index (χ4v) is 0.195. The van der Waals surface area contributed by atoms with Gasteiger partial charge in [-0.2, -0.15) is 0 Å². The minimum absolute atomic E-state index is 0.655. The maximum atomic E-state index is 10.1. The summed E-state index contributed by atoms with van der Waals surface area (Å²) in [6.07, 6.45) is 1.53. The molecule has 0 aliphatic rings. The van der Waals surface area contributed by atoms with E-state index < -0.39 is 11.9 Å². The molecule has 0 radical (unpaired) electrons. The summed E-state index contributed by atoms with van der Waals surface area (Å²) in [4.78, 5) is 22.8. The standard InChI is InChI=1S/C5H5NO3/c1-6-4(7)2-3-5(8)9/h2-3H,1H2,(H,8,9). The molecular weight excluding hydrogens is 122 g/mol.